The molecule has 2 nitrogen and oxygen atoms in total. The van der Waals surface area contributed by atoms with Crippen molar-refractivity contribution in [3.8, 4) is 5.75 Å². The molecule has 0 bridgehead atoms. The van der Waals surface area contributed by atoms with Crippen molar-refractivity contribution in [3.63, 3.8) is 0 Å². The first-order chi connectivity index (χ1) is 7.27. The first kappa shape index (κ1) is 11.8. The van der Waals surface area contributed by atoms with Gasteiger partial charge in [-0.15, -0.1) is 0 Å². The van der Waals surface area contributed by atoms with Crippen molar-refractivity contribution >= 4 is 6.29 Å². The summed E-state index contributed by atoms with van der Waals surface area (Å²) in [6, 6.07) is 5.68. The average Bonchev–Trinajstić information content (AvgIpc) is 2.26. The smallest absolute Gasteiger partial charge is 0.153 e. The first-order valence-electron chi connectivity index (χ1n) is 5.46. The summed E-state index contributed by atoms with van der Waals surface area (Å²) in [7, 11) is 0. The van der Waals surface area contributed by atoms with Crippen molar-refractivity contribution in [2.45, 2.75) is 33.1 Å². The van der Waals surface area contributed by atoms with Crippen LogP contribution in [0.5, 0.6) is 5.75 Å². The third-order valence-electron chi connectivity index (χ3n) is 2.30. The van der Waals surface area contributed by atoms with Crippen LogP contribution in [0.3, 0.4) is 0 Å². The van der Waals surface area contributed by atoms with Gasteiger partial charge in [-0.25, -0.2) is 0 Å². The zero-order valence-corrected chi connectivity index (χ0v) is 9.45. The van der Waals surface area contributed by atoms with Crippen molar-refractivity contribution in [1.29, 1.82) is 0 Å². The molecule has 0 aliphatic heterocycles. The fourth-order valence-corrected chi connectivity index (χ4v) is 1.43. The van der Waals surface area contributed by atoms with E-state index in [0.29, 0.717) is 17.9 Å². The molecule has 0 saturated carbocycles. The van der Waals surface area contributed by atoms with Crippen molar-refractivity contribution in [1.82, 2.24) is 0 Å². The van der Waals surface area contributed by atoms with E-state index >= 15 is 0 Å². The molecule has 0 aliphatic rings. The number of hydrogen-bond donors (Lipinski definition) is 0. The van der Waals surface area contributed by atoms with Crippen LogP contribution in [-0.4, -0.2) is 12.9 Å². The maximum Gasteiger partial charge on any atom is 0.153 e. The summed E-state index contributed by atoms with van der Waals surface area (Å²) >= 11 is 0. The zero-order chi connectivity index (χ0) is 11.1. The van der Waals surface area contributed by atoms with Gasteiger partial charge in [0, 0.05) is 0 Å². The first-order valence-corrected chi connectivity index (χ1v) is 5.46. The van der Waals surface area contributed by atoms with Crippen LogP contribution in [0.4, 0.5) is 0 Å². The Morgan fingerprint density at radius 3 is 2.80 bits per heavy atom. The van der Waals surface area contributed by atoms with Crippen molar-refractivity contribution in [2.75, 3.05) is 6.61 Å². The molecule has 0 aliphatic carbocycles. The molecular formula is C13H18O2. The maximum absolute atomic E-state index is 10.8. The molecule has 0 spiro atoms. The van der Waals surface area contributed by atoms with Gasteiger partial charge in [0.25, 0.3) is 0 Å². The zero-order valence-electron chi connectivity index (χ0n) is 9.45. The van der Waals surface area contributed by atoms with Gasteiger partial charge in [0.1, 0.15) is 5.75 Å². The SMILES string of the molecule is CCCCCOc1ccc(C)cc1C=O. The molecule has 1 aromatic rings. The summed E-state index contributed by atoms with van der Waals surface area (Å²) in [5.74, 6) is 0.701. The van der Waals surface area contributed by atoms with Crippen LogP contribution in [0.2, 0.25) is 0 Å². The summed E-state index contributed by atoms with van der Waals surface area (Å²) in [4.78, 5) is 10.8. The minimum atomic E-state index is 0.645. The number of benzene rings is 1. The molecule has 0 saturated heterocycles. The van der Waals surface area contributed by atoms with Gasteiger partial charge >= 0.3 is 0 Å². The summed E-state index contributed by atoms with van der Waals surface area (Å²) < 4.78 is 5.55. The lowest BCUT2D eigenvalue weighted by Crippen LogP contribution is -2.00. The maximum atomic E-state index is 10.8. The number of carbonyl (C=O) groups excluding carboxylic acids is 1. The van der Waals surface area contributed by atoms with Gasteiger partial charge in [0.05, 0.1) is 12.2 Å². The Kier molecular flexibility index (Phi) is 4.88. The predicted molar refractivity (Wildman–Crippen MR) is 61.6 cm³/mol. The van der Waals surface area contributed by atoms with E-state index in [2.05, 4.69) is 6.92 Å². The number of aryl methyl sites for hydroxylation is 1. The Labute approximate surface area is 91.3 Å². The molecule has 82 valence electrons. The molecule has 0 radical (unpaired) electrons. The minimum Gasteiger partial charge on any atom is -0.493 e. The Morgan fingerprint density at radius 1 is 1.33 bits per heavy atom. The van der Waals surface area contributed by atoms with Crippen LogP contribution in [0.15, 0.2) is 18.2 Å². The van der Waals surface area contributed by atoms with Crippen LogP contribution in [0.1, 0.15) is 42.1 Å². The van der Waals surface area contributed by atoms with Gasteiger partial charge in [-0.2, -0.15) is 0 Å². The molecule has 0 atom stereocenters. The summed E-state index contributed by atoms with van der Waals surface area (Å²) in [5, 5.41) is 0. The van der Waals surface area contributed by atoms with E-state index < -0.39 is 0 Å². The second-order valence-corrected chi connectivity index (χ2v) is 3.71. The van der Waals surface area contributed by atoms with Gasteiger partial charge in [-0.1, -0.05) is 31.4 Å². The number of unbranched alkanes of at least 4 members (excludes halogenated alkanes) is 2. The number of carbonyl (C=O) groups is 1. The van der Waals surface area contributed by atoms with Crippen molar-refractivity contribution in [3.05, 3.63) is 29.3 Å². The molecule has 0 aromatic heterocycles. The monoisotopic (exact) mass is 206 g/mol. The highest BCUT2D eigenvalue weighted by Gasteiger charge is 2.02. The molecular weight excluding hydrogens is 188 g/mol. The Hall–Kier alpha value is -1.31. The number of rotatable bonds is 6. The minimum absolute atomic E-state index is 0.645. The van der Waals surface area contributed by atoms with E-state index in [1.54, 1.807) is 0 Å². The lowest BCUT2D eigenvalue weighted by atomic mass is 10.1. The number of aldehydes is 1. The highest BCUT2D eigenvalue weighted by Crippen LogP contribution is 2.18. The van der Waals surface area contributed by atoms with E-state index in [1.165, 1.54) is 12.8 Å². The molecule has 0 heterocycles. The summed E-state index contributed by atoms with van der Waals surface area (Å²) in [6.07, 6.45) is 4.24. The Bertz CT molecular complexity index is 318. The Balaban J connectivity index is 2.56. The van der Waals surface area contributed by atoms with Gasteiger partial charge in [-0.3, -0.25) is 4.79 Å². The second kappa shape index (κ2) is 6.23. The molecule has 0 fully saturated rings. The summed E-state index contributed by atoms with van der Waals surface area (Å²) in [6.45, 7) is 4.81. The normalized spacial score (nSPS) is 10.0. The predicted octanol–water partition coefficient (Wildman–Crippen LogP) is 3.38. The van der Waals surface area contributed by atoms with Gasteiger partial charge < -0.3 is 4.74 Å². The number of hydrogen-bond acceptors (Lipinski definition) is 2. The van der Waals surface area contributed by atoms with Crippen LogP contribution in [-0.2, 0) is 0 Å². The lowest BCUT2D eigenvalue weighted by molar-refractivity contribution is 0.111. The molecule has 1 aromatic carbocycles. The van der Waals surface area contributed by atoms with Gasteiger partial charge in [0.2, 0.25) is 0 Å². The Morgan fingerprint density at radius 2 is 2.13 bits per heavy atom. The molecule has 15 heavy (non-hydrogen) atoms. The second-order valence-electron chi connectivity index (χ2n) is 3.71. The highest BCUT2D eigenvalue weighted by molar-refractivity contribution is 5.79. The molecule has 0 unspecified atom stereocenters. The molecule has 0 N–H and O–H groups in total. The third-order valence-corrected chi connectivity index (χ3v) is 2.30. The molecule has 0 amide bonds. The topological polar surface area (TPSA) is 26.3 Å². The van der Waals surface area contributed by atoms with Gasteiger partial charge in [-0.05, 0) is 25.5 Å². The summed E-state index contributed by atoms with van der Waals surface area (Å²) in [5.41, 5.74) is 1.73. The standard InChI is InChI=1S/C13H18O2/c1-3-4-5-8-15-13-7-6-11(2)9-12(13)10-14/h6-7,9-10H,3-5,8H2,1-2H3. The quantitative estimate of drug-likeness (QED) is 0.527. The van der Waals surface area contributed by atoms with Gasteiger partial charge in [0.15, 0.2) is 6.29 Å². The van der Waals surface area contributed by atoms with E-state index in [4.69, 9.17) is 4.74 Å². The molecule has 1 rings (SSSR count). The van der Waals surface area contributed by atoms with Crippen LogP contribution in [0, 0.1) is 6.92 Å². The average molecular weight is 206 g/mol. The van der Waals surface area contributed by atoms with E-state index in [9.17, 15) is 4.79 Å². The van der Waals surface area contributed by atoms with Crippen LogP contribution >= 0.6 is 0 Å². The fourth-order valence-electron chi connectivity index (χ4n) is 1.43. The fraction of sp³-hybridized carbons (Fsp3) is 0.462. The largest absolute Gasteiger partial charge is 0.493 e. The molecule has 2 heteroatoms. The van der Waals surface area contributed by atoms with E-state index in [-0.39, 0.29) is 0 Å². The number of ether oxygens (including phenoxy) is 1. The van der Waals surface area contributed by atoms with Crippen molar-refractivity contribution < 1.29 is 9.53 Å². The van der Waals surface area contributed by atoms with Crippen molar-refractivity contribution in [2.24, 2.45) is 0 Å². The lowest BCUT2D eigenvalue weighted by Gasteiger charge is -2.08. The third kappa shape index (κ3) is 3.74. The highest BCUT2D eigenvalue weighted by atomic mass is 16.5. The van der Waals surface area contributed by atoms with E-state index in [0.717, 1.165) is 18.3 Å². The van der Waals surface area contributed by atoms with Crippen LogP contribution < -0.4 is 4.74 Å². The van der Waals surface area contributed by atoms with Crippen LogP contribution in [0.25, 0.3) is 0 Å². The van der Waals surface area contributed by atoms with E-state index in [1.807, 2.05) is 25.1 Å².